The SMILES string of the molecule is CCNC(=NCc1coc(-c2ccc(C)cc2)n1)NCc1nnc2n1CCCCC2. The molecule has 1 aromatic carbocycles. The van der Waals surface area contributed by atoms with Crippen LogP contribution in [0.4, 0.5) is 0 Å². The number of nitrogens with one attached hydrogen (secondary N) is 2. The average molecular weight is 408 g/mol. The molecule has 0 fully saturated rings. The average Bonchev–Trinajstić information content (AvgIpc) is 3.31. The van der Waals surface area contributed by atoms with Gasteiger partial charge in [0, 0.05) is 25.1 Å². The summed E-state index contributed by atoms with van der Waals surface area (Å²) in [6.07, 6.45) is 6.31. The van der Waals surface area contributed by atoms with E-state index in [0.717, 1.165) is 48.4 Å². The van der Waals surface area contributed by atoms with Crippen molar-refractivity contribution < 1.29 is 4.42 Å². The second-order valence-electron chi connectivity index (χ2n) is 7.55. The normalized spacial score (nSPS) is 14.3. The van der Waals surface area contributed by atoms with Crippen LogP contribution in [0.5, 0.6) is 0 Å². The van der Waals surface area contributed by atoms with Crippen molar-refractivity contribution >= 4 is 5.96 Å². The van der Waals surface area contributed by atoms with Crippen molar-refractivity contribution in [1.29, 1.82) is 0 Å². The van der Waals surface area contributed by atoms with Crippen molar-refractivity contribution in [2.24, 2.45) is 4.99 Å². The molecule has 0 radical (unpaired) electrons. The lowest BCUT2D eigenvalue weighted by Gasteiger charge is -2.12. The third kappa shape index (κ3) is 4.87. The van der Waals surface area contributed by atoms with E-state index in [1.807, 2.05) is 19.1 Å². The maximum absolute atomic E-state index is 5.63. The summed E-state index contributed by atoms with van der Waals surface area (Å²) in [5.41, 5.74) is 2.97. The van der Waals surface area contributed by atoms with Crippen LogP contribution in [0.25, 0.3) is 11.5 Å². The summed E-state index contributed by atoms with van der Waals surface area (Å²) in [6, 6.07) is 8.13. The molecule has 0 unspecified atom stereocenters. The highest BCUT2D eigenvalue weighted by Gasteiger charge is 2.15. The van der Waals surface area contributed by atoms with Crippen LogP contribution in [-0.4, -0.2) is 32.3 Å². The lowest BCUT2D eigenvalue weighted by atomic mass is 10.1. The van der Waals surface area contributed by atoms with Gasteiger partial charge < -0.3 is 19.6 Å². The first kappa shape index (κ1) is 20.1. The minimum absolute atomic E-state index is 0.433. The molecule has 1 aliphatic rings. The molecular formula is C22H29N7O. The number of benzene rings is 1. The number of aromatic nitrogens is 4. The first-order valence-electron chi connectivity index (χ1n) is 10.7. The minimum atomic E-state index is 0.433. The van der Waals surface area contributed by atoms with Gasteiger partial charge in [0.15, 0.2) is 11.8 Å². The van der Waals surface area contributed by atoms with Gasteiger partial charge in [-0.3, -0.25) is 0 Å². The van der Waals surface area contributed by atoms with E-state index < -0.39 is 0 Å². The number of aryl methyl sites for hydroxylation is 2. The predicted octanol–water partition coefficient (Wildman–Crippen LogP) is 3.22. The Morgan fingerprint density at radius 3 is 2.83 bits per heavy atom. The number of guanidine groups is 1. The number of hydrogen-bond acceptors (Lipinski definition) is 5. The monoisotopic (exact) mass is 407 g/mol. The molecule has 0 spiro atoms. The molecule has 2 aromatic heterocycles. The van der Waals surface area contributed by atoms with Gasteiger partial charge in [0.2, 0.25) is 5.89 Å². The second kappa shape index (κ2) is 9.56. The summed E-state index contributed by atoms with van der Waals surface area (Å²) in [5.74, 6) is 3.39. The Labute approximate surface area is 176 Å². The van der Waals surface area contributed by atoms with Gasteiger partial charge in [-0.2, -0.15) is 0 Å². The molecule has 3 heterocycles. The van der Waals surface area contributed by atoms with E-state index in [9.17, 15) is 0 Å². The highest BCUT2D eigenvalue weighted by molar-refractivity contribution is 5.79. The molecule has 4 rings (SSSR count). The highest BCUT2D eigenvalue weighted by atomic mass is 16.3. The Kier molecular flexibility index (Phi) is 6.41. The zero-order valence-corrected chi connectivity index (χ0v) is 17.7. The molecule has 2 N–H and O–H groups in total. The highest BCUT2D eigenvalue weighted by Crippen LogP contribution is 2.19. The summed E-state index contributed by atoms with van der Waals surface area (Å²) >= 11 is 0. The zero-order valence-electron chi connectivity index (χ0n) is 17.7. The largest absolute Gasteiger partial charge is 0.444 e. The van der Waals surface area contributed by atoms with E-state index in [1.165, 1.54) is 24.8 Å². The van der Waals surface area contributed by atoms with Crippen molar-refractivity contribution in [2.45, 2.75) is 59.2 Å². The summed E-state index contributed by atoms with van der Waals surface area (Å²) in [7, 11) is 0. The topological polar surface area (TPSA) is 93.2 Å². The second-order valence-corrected chi connectivity index (χ2v) is 7.55. The Morgan fingerprint density at radius 1 is 1.13 bits per heavy atom. The van der Waals surface area contributed by atoms with E-state index in [-0.39, 0.29) is 0 Å². The molecule has 8 heteroatoms. The molecule has 0 saturated heterocycles. The quantitative estimate of drug-likeness (QED) is 0.481. The van der Waals surface area contributed by atoms with Gasteiger partial charge in [0.05, 0.1) is 13.1 Å². The number of rotatable bonds is 6. The van der Waals surface area contributed by atoms with Crippen molar-refractivity contribution in [3.05, 3.63) is 53.4 Å². The van der Waals surface area contributed by atoms with Gasteiger partial charge in [-0.15, -0.1) is 10.2 Å². The number of aliphatic imine (C=N–C) groups is 1. The Morgan fingerprint density at radius 2 is 2.00 bits per heavy atom. The predicted molar refractivity (Wildman–Crippen MR) is 116 cm³/mol. The zero-order chi connectivity index (χ0) is 20.8. The fourth-order valence-electron chi connectivity index (χ4n) is 3.55. The van der Waals surface area contributed by atoms with Crippen LogP contribution in [0.1, 0.15) is 49.1 Å². The van der Waals surface area contributed by atoms with E-state index in [1.54, 1.807) is 6.26 Å². The molecule has 0 atom stereocenters. The van der Waals surface area contributed by atoms with Gasteiger partial charge in [-0.1, -0.05) is 24.1 Å². The molecule has 8 nitrogen and oxygen atoms in total. The Hall–Kier alpha value is -3.16. The number of fused-ring (bicyclic) bond motifs is 1. The summed E-state index contributed by atoms with van der Waals surface area (Å²) < 4.78 is 7.88. The van der Waals surface area contributed by atoms with Gasteiger partial charge in [-0.05, 0) is 38.8 Å². The smallest absolute Gasteiger partial charge is 0.226 e. The number of nitrogens with zero attached hydrogens (tertiary/aromatic N) is 5. The van der Waals surface area contributed by atoms with Crippen LogP contribution in [0.15, 0.2) is 39.9 Å². The fraction of sp³-hybridized carbons (Fsp3) is 0.455. The standard InChI is InChI=1S/C22H29N7O/c1-3-23-22(25-14-20-28-27-19-7-5-4-6-12-29(19)20)24-13-18-15-30-21(26-18)17-10-8-16(2)9-11-17/h8-11,15H,3-7,12-14H2,1-2H3,(H2,23,24,25). The van der Waals surface area contributed by atoms with Gasteiger partial charge in [0.25, 0.3) is 0 Å². The fourth-order valence-corrected chi connectivity index (χ4v) is 3.55. The molecule has 0 amide bonds. The van der Waals surface area contributed by atoms with Crippen molar-refractivity contribution in [2.75, 3.05) is 6.54 Å². The van der Waals surface area contributed by atoms with Crippen molar-refractivity contribution in [3.8, 4) is 11.5 Å². The van der Waals surface area contributed by atoms with E-state index in [0.29, 0.717) is 19.0 Å². The summed E-state index contributed by atoms with van der Waals surface area (Å²) in [4.78, 5) is 9.21. The lowest BCUT2D eigenvalue weighted by molar-refractivity contribution is 0.572. The lowest BCUT2D eigenvalue weighted by Crippen LogP contribution is -2.37. The van der Waals surface area contributed by atoms with Crippen LogP contribution >= 0.6 is 0 Å². The molecule has 0 saturated carbocycles. The van der Waals surface area contributed by atoms with Gasteiger partial charge in [0.1, 0.15) is 17.8 Å². The third-order valence-corrected chi connectivity index (χ3v) is 5.19. The molecule has 158 valence electrons. The van der Waals surface area contributed by atoms with E-state index in [2.05, 4.69) is 54.4 Å². The minimum Gasteiger partial charge on any atom is -0.444 e. The molecule has 30 heavy (non-hydrogen) atoms. The number of oxazole rings is 1. The van der Waals surface area contributed by atoms with Gasteiger partial charge >= 0.3 is 0 Å². The van der Waals surface area contributed by atoms with Crippen LogP contribution < -0.4 is 10.6 Å². The first-order chi connectivity index (χ1) is 14.7. The van der Waals surface area contributed by atoms with E-state index in [4.69, 9.17) is 4.42 Å². The Bertz CT molecular complexity index is 987. The van der Waals surface area contributed by atoms with Gasteiger partial charge in [-0.25, -0.2) is 9.98 Å². The maximum atomic E-state index is 5.63. The van der Waals surface area contributed by atoms with Crippen LogP contribution in [0.3, 0.4) is 0 Å². The summed E-state index contributed by atoms with van der Waals surface area (Å²) in [5, 5.41) is 15.4. The molecule has 1 aliphatic heterocycles. The Balaban J connectivity index is 1.40. The molecule has 3 aromatic rings. The molecule has 0 bridgehead atoms. The maximum Gasteiger partial charge on any atom is 0.226 e. The molecule has 0 aliphatic carbocycles. The molecular weight excluding hydrogens is 378 g/mol. The number of hydrogen-bond donors (Lipinski definition) is 2. The van der Waals surface area contributed by atoms with Crippen LogP contribution in [0, 0.1) is 6.92 Å². The first-order valence-corrected chi connectivity index (χ1v) is 10.7. The van der Waals surface area contributed by atoms with Crippen LogP contribution in [0.2, 0.25) is 0 Å². The van der Waals surface area contributed by atoms with Crippen molar-refractivity contribution in [3.63, 3.8) is 0 Å². The third-order valence-electron chi connectivity index (χ3n) is 5.19. The van der Waals surface area contributed by atoms with Crippen LogP contribution in [-0.2, 0) is 26.1 Å². The van der Waals surface area contributed by atoms with E-state index >= 15 is 0 Å². The summed E-state index contributed by atoms with van der Waals surface area (Å²) in [6.45, 7) is 6.90. The van der Waals surface area contributed by atoms with Crippen molar-refractivity contribution in [1.82, 2.24) is 30.4 Å².